The predicted molar refractivity (Wildman–Crippen MR) is 112 cm³/mol. The fourth-order valence-electron chi connectivity index (χ4n) is 3.78. The van der Waals surface area contributed by atoms with Crippen molar-refractivity contribution < 1.29 is 18.0 Å². The third-order valence-electron chi connectivity index (χ3n) is 5.43. The van der Waals surface area contributed by atoms with Crippen LogP contribution in [-0.4, -0.2) is 46.5 Å². The van der Waals surface area contributed by atoms with Crippen LogP contribution in [0.4, 0.5) is 19.0 Å². The van der Waals surface area contributed by atoms with E-state index in [9.17, 15) is 18.0 Å². The van der Waals surface area contributed by atoms with E-state index in [1.54, 1.807) is 4.90 Å². The van der Waals surface area contributed by atoms with E-state index in [1.165, 1.54) is 6.07 Å². The minimum Gasteiger partial charge on any atom is -0.355 e. The molecule has 3 aromatic rings. The number of pyridine rings is 1. The number of carbonyl (C=O) groups is 1. The number of hydrogen-bond acceptors (Lipinski definition) is 3. The van der Waals surface area contributed by atoms with Gasteiger partial charge in [-0.15, -0.1) is 0 Å². The first kappa shape index (κ1) is 21.0. The molecule has 1 fully saturated rings. The Labute approximate surface area is 178 Å². The van der Waals surface area contributed by atoms with E-state index >= 15 is 0 Å². The molecular formula is C23H23F3N4O. The van der Waals surface area contributed by atoms with Gasteiger partial charge in [-0.3, -0.25) is 4.79 Å². The second kappa shape index (κ2) is 8.83. The van der Waals surface area contributed by atoms with Gasteiger partial charge in [0.2, 0.25) is 0 Å². The predicted octanol–water partition coefficient (Wildman–Crippen LogP) is 4.30. The zero-order chi connectivity index (χ0) is 21.8. The maximum atomic E-state index is 13.2. The lowest BCUT2D eigenvalue weighted by molar-refractivity contribution is -0.137. The van der Waals surface area contributed by atoms with Gasteiger partial charge >= 0.3 is 6.18 Å². The van der Waals surface area contributed by atoms with Crippen LogP contribution in [0.5, 0.6) is 0 Å². The van der Waals surface area contributed by atoms with Crippen molar-refractivity contribution in [1.29, 1.82) is 0 Å². The minimum atomic E-state index is -4.40. The number of anilines is 1. The molecule has 3 heterocycles. The SMILES string of the molecule is O=C(c1cccn1Cc1ccccc1)N1CCCN(c2ccc(C(F)(F)F)cn2)CC1. The summed E-state index contributed by atoms with van der Waals surface area (Å²) in [6.45, 7) is 2.84. The summed E-state index contributed by atoms with van der Waals surface area (Å²) in [7, 11) is 0. The average Bonchev–Trinajstić information content (AvgIpc) is 3.07. The Bertz CT molecular complexity index is 1020. The monoisotopic (exact) mass is 428 g/mol. The maximum Gasteiger partial charge on any atom is 0.417 e. The third-order valence-corrected chi connectivity index (χ3v) is 5.43. The molecule has 1 saturated heterocycles. The molecule has 1 aliphatic heterocycles. The molecule has 5 nitrogen and oxygen atoms in total. The molecule has 8 heteroatoms. The van der Waals surface area contributed by atoms with Crippen LogP contribution in [0.1, 0.15) is 28.0 Å². The van der Waals surface area contributed by atoms with Gasteiger partial charge in [0.1, 0.15) is 11.5 Å². The Morgan fingerprint density at radius 2 is 1.74 bits per heavy atom. The molecule has 0 unspecified atom stereocenters. The van der Waals surface area contributed by atoms with Crippen LogP contribution in [0, 0.1) is 0 Å². The number of benzene rings is 1. The van der Waals surface area contributed by atoms with Crippen LogP contribution in [0.25, 0.3) is 0 Å². The molecule has 0 atom stereocenters. The van der Waals surface area contributed by atoms with Gasteiger partial charge in [-0.05, 0) is 36.2 Å². The first-order valence-corrected chi connectivity index (χ1v) is 10.2. The average molecular weight is 428 g/mol. The second-order valence-electron chi connectivity index (χ2n) is 7.54. The molecule has 1 aromatic carbocycles. The van der Waals surface area contributed by atoms with Crippen LogP contribution in [-0.2, 0) is 12.7 Å². The van der Waals surface area contributed by atoms with Crippen LogP contribution in [0.15, 0.2) is 67.0 Å². The van der Waals surface area contributed by atoms with E-state index in [0.29, 0.717) is 50.7 Å². The highest BCUT2D eigenvalue weighted by atomic mass is 19.4. The number of rotatable bonds is 4. The summed E-state index contributed by atoms with van der Waals surface area (Å²) >= 11 is 0. The lowest BCUT2D eigenvalue weighted by atomic mass is 10.2. The van der Waals surface area contributed by atoms with Crippen LogP contribution in [0.2, 0.25) is 0 Å². The van der Waals surface area contributed by atoms with Gasteiger partial charge in [0.25, 0.3) is 5.91 Å². The molecular weight excluding hydrogens is 405 g/mol. The van der Waals surface area contributed by atoms with Gasteiger partial charge in [-0.25, -0.2) is 4.98 Å². The molecule has 4 rings (SSSR count). The first-order valence-electron chi connectivity index (χ1n) is 10.2. The minimum absolute atomic E-state index is 0.0387. The topological polar surface area (TPSA) is 41.4 Å². The molecule has 1 aliphatic rings. The molecule has 0 spiro atoms. The Hall–Kier alpha value is -3.29. The largest absolute Gasteiger partial charge is 0.417 e. The first-order chi connectivity index (χ1) is 14.9. The molecule has 1 amide bonds. The number of aromatic nitrogens is 2. The number of nitrogens with zero attached hydrogens (tertiary/aromatic N) is 4. The fraction of sp³-hybridized carbons (Fsp3) is 0.304. The maximum absolute atomic E-state index is 13.2. The van der Waals surface area contributed by atoms with E-state index < -0.39 is 11.7 Å². The van der Waals surface area contributed by atoms with Crippen LogP contribution < -0.4 is 4.90 Å². The van der Waals surface area contributed by atoms with Gasteiger partial charge in [0.05, 0.1) is 5.56 Å². The number of halogens is 3. The quantitative estimate of drug-likeness (QED) is 0.622. The van der Waals surface area contributed by atoms with Crippen molar-refractivity contribution in [3.05, 3.63) is 83.8 Å². The highest BCUT2D eigenvalue weighted by Crippen LogP contribution is 2.29. The normalized spacial score (nSPS) is 15.1. The van der Waals surface area contributed by atoms with Crippen molar-refractivity contribution in [2.24, 2.45) is 0 Å². The lowest BCUT2D eigenvalue weighted by Crippen LogP contribution is -2.36. The van der Waals surface area contributed by atoms with Gasteiger partial charge in [0.15, 0.2) is 0 Å². The van der Waals surface area contributed by atoms with Gasteiger partial charge < -0.3 is 14.4 Å². The van der Waals surface area contributed by atoms with Crippen molar-refractivity contribution in [2.75, 3.05) is 31.1 Å². The van der Waals surface area contributed by atoms with Crippen molar-refractivity contribution in [3.8, 4) is 0 Å². The van der Waals surface area contributed by atoms with Crippen LogP contribution in [0.3, 0.4) is 0 Å². The number of alkyl halides is 3. The Balaban J connectivity index is 1.42. The van der Waals surface area contributed by atoms with E-state index in [1.807, 2.05) is 58.1 Å². The molecule has 0 radical (unpaired) electrons. The Kier molecular flexibility index (Phi) is 5.97. The Morgan fingerprint density at radius 3 is 2.45 bits per heavy atom. The number of hydrogen-bond donors (Lipinski definition) is 0. The summed E-state index contributed by atoms with van der Waals surface area (Å²) < 4.78 is 40.3. The molecule has 0 saturated carbocycles. The summed E-state index contributed by atoms with van der Waals surface area (Å²) in [5.41, 5.74) is 0.982. The van der Waals surface area contributed by atoms with E-state index in [2.05, 4.69) is 4.98 Å². The second-order valence-corrected chi connectivity index (χ2v) is 7.54. The molecule has 0 aliphatic carbocycles. The molecule has 31 heavy (non-hydrogen) atoms. The van der Waals surface area contributed by atoms with E-state index in [-0.39, 0.29) is 5.91 Å². The zero-order valence-electron chi connectivity index (χ0n) is 16.9. The van der Waals surface area contributed by atoms with Crippen molar-refractivity contribution in [2.45, 2.75) is 19.1 Å². The molecule has 0 bridgehead atoms. The highest BCUT2D eigenvalue weighted by Gasteiger charge is 2.31. The molecule has 0 N–H and O–H groups in total. The zero-order valence-corrected chi connectivity index (χ0v) is 16.9. The van der Waals surface area contributed by atoms with Gasteiger partial charge in [-0.1, -0.05) is 30.3 Å². The summed E-state index contributed by atoms with van der Waals surface area (Å²) in [5, 5.41) is 0. The van der Waals surface area contributed by atoms with Crippen molar-refractivity contribution in [3.63, 3.8) is 0 Å². The molecule has 162 valence electrons. The van der Waals surface area contributed by atoms with Gasteiger partial charge in [-0.2, -0.15) is 13.2 Å². The summed E-state index contributed by atoms with van der Waals surface area (Å²) in [5.74, 6) is 0.456. The summed E-state index contributed by atoms with van der Waals surface area (Å²) in [6.07, 6.45) is -0.924. The van der Waals surface area contributed by atoms with E-state index in [0.717, 1.165) is 17.8 Å². The lowest BCUT2D eigenvalue weighted by Gasteiger charge is -2.23. The van der Waals surface area contributed by atoms with Crippen molar-refractivity contribution >= 4 is 11.7 Å². The van der Waals surface area contributed by atoms with Crippen molar-refractivity contribution in [1.82, 2.24) is 14.5 Å². The standard InChI is InChI=1S/C23H23F3N4O/c24-23(25,26)19-9-10-21(27-16-19)28-12-5-13-29(15-14-28)22(31)20-8-4-11-30(20)17-18-6-2-1-3-7-18/h1-4,6-11,16H,5,12-15,17H2. The number of carbonyl (C=O) groups excluding carboxylic acids is 1. The van der Waals surface area contributed by atoms with Gasteiger partial charge in [0, 0.05) is 45.1 Å². The summed E-state index contributed by atoms with van der Waals surface area (Å²) in [4.78, 5) is 20.9. The molecule has 2 aromatic heterocycles. The Morgan fingerprint density at radius 1 is 0.935 bits per heavy atom. The fourth-order valence-corrected chi connectivity index (χ4v) is 3.78. The van der Waals surface area contributed by atoms with E-state index in [4.69, 9.17) is 0 Å². The number of amides is 1. The summed E-state index contributed by atoms with van der Waals surface area (Å²) in [6, 6.07) is 16.1. The highest BCUT2D eigenvalue weighted by molar-refractivity contribution is 5.92. The smallest absolute Gasteiger partial charge is 0.355 e. The van der Waals surface area contributed by atoms with Crippen LogP contribution >= 0.6 is 0 Å². The third kappa shape index (κ3) is 4.90.